The van der Waals surface area contributed by atoms with Crippen LogP contribution in [0.1, 0.15) is 17.2 Å². The maximum absolute atomic E-state index is 13.7. The first-order valence-corrected chi connectivity index (χ1v) is 6.83. The first-order valence-electron chi connectivity index (χ1n) is 6.83. The summed E-state index contributed by atoms with van der Waals surface area (Å²) < 4.78 is 15.4. The second-order valence-electron chi connectivity index (χ2n) is 4.96. The first-order chi connectivity index (χ1) is 10.2. The average Bonchev–Trinajstić information content (AvgIpc) is 3.00. The summed E-state index contributed by atoms with van der Waals surface area (Å²) in [6.45, 7) is 0. The maximum atomic E-state index is 13.7. The van der Waals surface area contributed by atoms with Gasteiger partial charge in [0.15, 0.2) is 0 Å². The molecular formula is C17H16FN3. The molecule has 0 aliphatic carbocycles. The zero-order chi connectivity index (χ0) is 14.7. The van der Waals surface area contributed by atoms with Crippen LogP contribution in [0.25, 0.3) is 5.69 Å². The van der Waals surface area contributed by atoms with Crippen LogP contribution in [0.3, 0.4) is 0 Å². The molecule has 0 saturated carbocycles. The van der Waals surface area contributed by atoms with Crippen LogP contribution in [0.2, 0.25) is 0 Å². The van der Waals surface area contributed by atoms with E-state index in [9.17, 15) is 4.39 Å². The molecule has 21 heavy (non-hydrogen) atoms. The highest BCUT2D eigenvalue weighted by atomic mass is 19.1. The Kier molecular flexibility index (Phi) is 3.79. The molecule has 3 nitrogen and oxygen atoms in total. The van der Waals surface area contributed by atoms with Crippen LogP contribution < -0.4 is 5.73 Å². The molecule has 0 bridgehead atoms. The summed E-state index contributed by atoms with van der Waals surface area (Å²) >= 11 is 0. The number of benzene rings is 2. The van der Waals surface area contributed by atoms with Gasteiger partial charge in [0, 0.05) is 17.8 Å². The summed E-state index contributed by atoms with van der Waals surface area (Å²) in [6.07, 6.45) is 4.08. The van der Waals surface area contributed by atoms with Crippen LogP contribution in [0, 0.1) is 5.82 Å². The minimum atomic E-state index is -0.278. The molecule has 3 aromatic rings. The van der Waals surface area contributed by atoms with E-state index in [1.807, 2.05) is 42.6 Å². The van der Waals surface area contributed by atoms with E-state index in [1.54, 1.807) is 23.0 Å². The lowest BCUT2D eigenvalue weighted by atomic mass is 10.0. The molecule has 1 atom stereocenters. The largest absolute Gasteiger partial charge is 0.324 e. The molecule has 0 aliphatic rings. The van der Waals surface area contributed by atoms with Crippen molar-refractivity contribution in [1.82, 2.24) is 9.78 Å². The van der Waals surface area contributed by atoms with Gasteiger partial charge < -0.3 is 5.73 Å². The highest BCUT2D eigenvalue weighted by Crippen LogP contribution is 2.18. The van der Waals surface area contributed by atoms with Crippen LogP contribution in [0.4, 0.5) is 4.39 Å². The van der Waals surface area contributed by atoms with Gasteiger partial charge in [0.1, 0.15) is 5.82 Å². The quantitative estimate of drug-likeness (QED) is 0.797. The van der Waals surface area contributed by atoms with E-state index < -0.39 is 0 Å². The molecule has 4 heteroatoms. The highest BCUT2D eigenvalue weighted by molar-refractivity contribution is 5.31. The van der Waals surface area contributed by atoms with Crippen molar-refractivity contribution in [2.75, 3.05) is 0 Å². The molecule has 1 aromatic heterocycles. The number of para-hydroxylation sites is 1. The Morgan fingerprint density at radius 2 is 1.76 bits per heavy atom. The predicted octanol–water partition coefficient (Wildman–Crippen LogP) is 3.25. The molecule has 2 aromatic carbocycles. The van der Waals surface area contributed by atoms with Crippen molar-refractivity contribution in [3.05, 3.63) is 83.9 Å². The van der Waals surface area contributed by atoms with Gasteiger partial charge in [0.2, 0.25) is 0 Å². The normalized spacial score (nSPS) is 12.3. The molecule has 0 fully saturated rings. The van der Waals surface area contributed by atoms with Gasteiger partial charge in [-0.15, -0.1) is 0 Å². The van der Waals surface area contributed by atoms with Crippen LogP contribution in [0.5, 0.6) is 0 Å². The Balaban J connectivity index is 1.79. The topological polar surface area (TPSA) is 43.8 Å². The lowest BCUT2D eigenvalue weighted by Crippen LogP contribution is -2.13. The van der Waals surface area contributed by atoms with Gasteiger partial charge in [-0.05, 0) is 30.2 Å². The van der Waals surface area contributed by atoms with Crippen molar-refractivity contribution >= 4 is 0 Å². The highest BCUT2D eigenvalue weighted by Gasteiger charge is 2.12. The van der Waals surface area contributed by atoms with E-state index in [4.69, 9.17) is 5.73 Å². The summed E-state index contributed by atoms with van der Waals surface area (Å²) in [5.74, 6) is -0.219. The minimum absolute atomic E-state index is 0.219. The lowest BCUT2D eigenvalue weighted by Gasteiger charge is -2.10. The Labute approximate surface area is 122 Å². The van der Waals surface area contributed by atoms with Crippen molar-refractivity contribution < 1.29 is 4.39 Å². The number of halogens is 1. The zero-order valence-corrected chi connectivity index (χ0v) is 11.5. The molecule has 3 rings (SSSR count). The van der Waals surface area contributed by atoms with E-state index in [1.165, 1.54) is 6.07 Å². The number of nitrogens with zero attached hydrogens (tertiary/aromatic N) is 2. The van der Waals surface area contributed by atoms with E-state index >= 15 is 0 Å². The maximum Gasteiger partial charge on any atom is 0.126 e. The van der Waals surface area contributed by atoms with Gasteiger partial charge >= 0.3 is 0 Å². The second-order valence-corrected chi connectivity index (χ2v) is 4.96. The molecule has 0 amide bonds. The SMILES string of the molecule is NC(Cc1ccccc1F)c1cnn(-c2ccccc2)c1. The van der Waals surface area contributed by atoms with E-state index in [2.05, 4.69) is 5.10 Å². The lowest BCUT2D eigenvalue weighted by molar-refractivity contribution is 0.593. The van der Waals surface area contributed by atoms with Crippen molar-refractivity contribution in [2.45, 2.75) is 12.5 Å². The Bertz CT molecular complexity index is 722. The Morgan fingerprint density at radius 3 is 2.52 bits per heavy atom. The standard InChI is InChI=1S/C17H16FN3/c18-16-9-5-4-6-13(16)10-17(19)14-11-20-21(12-14)15-7-2-1-3-8-15/h1-9,11-12,17H,10,19H2. The van der Waals surface area contributed by atoms with Crippen molar-refractivity contribution in [3.63, 3.8) is 0 Å². The van der Waals surface area contributed by atoms with Gasteiger partial charge in [0.05, 0.1) is 11.9 Å². The van der Waals surface area contributed by atoms with E-state index in [-0.39, 0.29) is 11.9 Å². The molecule has 0 saturated heterocycles. The molecule has 0 radical (unpaired) electrons. The zero-order valence-electron chi connectivity index (χ0n) is 11.5. The van der Waals surface area contributed by atoms with Gasteiger partial charge in [-0.2, -0.15) is 5.10 Å². The predicted molar refractivity (Wildman–Crippen MR) is 80.6 cm³/mol. The number of nitrogens with two attached hydrogens (primary N) is 1. The average molecular weight is 281 g/mol. The second kappa shape index (κ2) is 5.89. The third kappa shape index (κ3) is 3.01. The van der Waals surface area contributed by atoms with Gasteiger partial charge in [-0.1, -0.05) is 36.4 Å². The van der Waals surface area contributed by atoms with Crippen LogP contribution in [-0.2, 0) is 6.42 Å². The number of hydrogen-bond donors (Lipinski definition) is 1. The summed E-state index contributed by atoms with van der Waals surface area (Å²) in [5.41, 5.74) is 8.65. The third-order valence-corrected chi connectivity index (χ3v) is 3.45. The molecule has 1 heterocycles. The smallest absolute Gasteiger partial charge is 0.126 e. The van der Waals surface area contributed by atoms with Gasteiger partial charge in [-0.3, -0.25) is 0 Å². The molecule has 106 valence electrons. The van der Waals surface area contributed by atoms with E-state index in [0.29, 0.717) is 12.0 Å². The Morgan fingerprint density at radius 1 is 1.05 bits per heavy atom. The number of aromatic nitrogens is 2. The van der Waals surface area contributed by atoms with Crippen LogP contribution in [0.15, 0.2) is 67.0 Å². The number of rotatable bonds is 4. The van der Waals surface area contributed by atoms with Crippen molar-refractivity contribution in [1.29, 1.82) is 0 Å². The third-order valence-electron chi connectivity index (χ3n) is 3.45. The molecule has 0 spiro atoms. The fraction of sp³-hybridized carbons (Fsp3) is 0.118. The first kappa shape index (κ1) is 13.5. The molecule has 2 N–H and O–H groups in total. The van der Waals surface area contributed by atoms with Crippen molar-refractivity contribution in [3.8, 4) is 5.69 Å². The Hall–Kier alpha value is -2.46. The molecule has 0 aliphatic heterocycles. The van der Waals surface area contributed by atoms with Crippen LogP contribution in [-0.4, -0.2) is 9.78 Å². The fourth-order valence-corrected chi connectivity index (χ4v) is 2.27. The minimum Gasteiger partial charge on any atom is -0.324 e. The van der Waals surface area contributed by atoms with Gasteiger partial charge in [0.25, 0.3) is 0 Å². The van der Waals surface area contributed by atoms with Crippen molar-refractivity contribution in [2.24, 2.45) is 5.73 Å². The summed E-state index contributed by atoms with van der Waals surface area (Å²) in [7, 11) is 0. The molecular weight excluding hydrogens is 265 g/mol. The summed E-state index contributed by atoms with van der Waals surface area (Å²) in [4.78, 5) is 0. The van der Waals surface area contributed by atoms with Gasteiger partial charge in [-0.25, -0.2) is 9.07 Å². The summed E-state index contributed by atoms with van der Waals surface area (Å²) in [6, 6.07) is 16.2. The fourth-order valence-electron chi connectivity index (χ4n) is 2.27. The monoisotopic (exact) mass is 281 g/mol. The summed E-state index contributed by atoms with van der Waals surface area (Å²) in [5, 5.41) is 4.31. The van der Waals surface area contributed by atoms with Crippen LogP contribution >= 0.6 is 0 Å². The number of hydrogen-bond acceptors (Lipinski definition) is 2. The molecule has 1 unspecified atom stereocenters. The van der Waals surface area contributed by atoms with E-state index in [0.717, 1.165) is 11.3 Å².